The van der Waals surface area contributed by atoms with Crippen molar-refractivity contribution in [3.8, 4) is 22.8 Å². The van der Waals surface area contributed by atoms with Crippen LogP contribution in [0.2, 0.25) is 0 Å². The van der Waals surface area contributed by atoms with Crippen LogP contribution >= 0.6 is 0 Å². The van der Waals surface area contributed by atoms with E-state index < -0.39 is 0 Å². The first-order chi connectivity index (χ1) is 11.9. The van der Waals surface area contributed by atoms with Gasteiger partial charge >= 0.3 is 0 Å². The van der Waals surface area contributed by atoms with Gasteiger partial charge < -0.3 is 0 Å². The number of aromatic nitrogens is 3. The van der Waals surface area contributed by atoms with Crippen molar-refractivity contribution in [1.82, 2.24) is 15.0 Å². The van der Waals surface area contributed by atoms with Crippen LogP contribution in [-0.4, -0.2) is 15.0 Å². The molecular weight excluding hydrogens is 294 g/mol. The quantitative estimate of drug-likeness (QED) is 0.702. The van der Waals surface area contributed by atoms with E-state index in [-0.39, 0.29) is 0 Å². The second-order valence-electron chi connectivity index (χ2n) is 6.93. The second kappa shape index (κ2) is 5.52. The van der Waals surface area contributed by atoms with Gasteiger partial charge in [-0.05, 0) is 31.1 Å². The van der Waals surface area contributed by atoms with Crippen LogP contribution in [0.15, 0.2) is 60.7 Å². The Balaban J connectivity index is 1.65. The molecule has 2 aromatic carbocycles. The number of nitrogens with zero attached hydrogens (tertiary/aromatic N) is 3. The maximum Gasteiger partial charge on any atom is 0.163 e. The molecule has 3 fully saturated rings. The van der Waals surface area contributed by atoms with E-state index in [2.05, 4.69) is 24.3 Å². The normalized spacial score (nSPS) is 24.6. The van der Waals surface area contributed by atoms with Crippen molar-refractivity contribution in [3.63, 3.8) is 0 Å². The Morgan fingerprint density at radius 1 is 0.625 bits per heavy atom. The minimum atomic E-state index is 0.540. The van der Waals surface area contributed by atoms with Crippen molar-refractivity contribution in [1.29, 1.82) is 0 Å². The van der Waals surface area contributed by atoms with Gasteiger partial charge in [-0.15, -0.1) is 0 Å². The van der Waals surface area contributed by atoms with Gasteiger partial charge in [-0.25, -0.2) is 15.0 Å². The molecule has 6 rings (SSSR count). The van der Waals surface area contributed by atoms with Crippen molar-refractivity contribution in [2.75, 3.05) is 0 Å². The number of hydrogen-bond donors (Lipinski definition) is 0. The predicted octanol–water partition coefficient (Wildman–Crippen LogP) is 4.72. The molecule has 24 heavy (non-hydrogen) atoms. The molecule has 2 unspecified atom stereocenters. The SMILES string of the molecule is c1ccc(-c2nc(-c3ccccc3)nc(C3C4CCC3C4)n2)cc1. The van der Waals surface area contributed by atoms with Crippen LogP contribution in [-0.2, 0) is 0 Å². The van der Waals surface area contributed by atoms with E-state index in [4.69, 9.17) is 15.0 Å². The van der Waals surface area contributed by atoms with Crippen LogP contribution in [0, 0.1) is 11.8 Å². The van der Waals surface area contributed by atoms with Gasteiger partial charge in [0.2, 0.25) is 0 Å². The van der Waals surface area contributed by atoms with Crippen molar-refractivity contribution >= 4 is 0 Å². The maximum absolute atomic E-state index is 4.87. The van der Waals surface area contributed by atoms with E-state index in [1.165, 1.54) is 19.3 Å². The summed E-state index contributed by atoms with van der Waals surface area (Å²) in [6.45, 7) is 0. The highest BCUT2D eigenvalue weighted by molar-refractivity contribution is 5.60. The van der Waals surface area contributed by atoms with Crippen molar-refractivity contribution < 1.29 is 0 Å². The minimum absolute atomic E-state index is 0.540. The Labute approximate surface area is 141 Å². The largest absolute Gasteiger partial charge is 0.213 e. The van der Waals surface area contributed by atoms with E-state index in [1.54, 1.807) is 0 Å². The molecule has 0 N–H and O–H groups in total. The van der Waals surface area contributed by atoms with E-state index in [9.17, 15) is 0 Å². The second-order valence-corrected chi connectivity index (χ2v) is 6.93. The first-order valence-electron chi connectivity index (χ1n) is 8.75. The standard InChI is InChI=1S/C21H19N3/c1-3-7-14(8-4-1)19-22-20(15-9-5-2-6-10-15)24-21(23-19)18-16-11-12-17(18)13-16/h1-10,16-18H,11-13H2. The summed E-state index contributed by atoms with van der Waals surface area (Å²) in [5.41, 5.74) is 2.12. The number of hydrogen-bond acceptors (Lipinski definition) is 3. The lowest BCUT2D eigenvalue weighted by Crippen LogP contribution is -2.27. The van der Waals surface area contributed by atoms with Gasteiger partial charge in [0.05, 0.1) is 0 Å². The lowest BCUT2D eigenvalue weighted by Gasteiger charge is -2.34. The van der Waals surface area contributed by atoms with E-state index in [0.717, 1.165) is 40.4 Å². The van der Waals surface area contributed by atoms with E-state index >= 15 is 0 Å². The van der Waals surface area contributed by atoms with Gasteiger partial charge in [0.1, 0.15) is 5.82 Å². The van der Waals surface area contributed by atoms with Gasteiger partial charge in [-0.3, -0.25) is 0 Å². The highest BCUT2D eigenvalue weighted by Crippen LogP contribution is 2.58. The molecule has 3 nitrogen and oxygen atoms in total. The van der Waals surface area contributed by atoms with Crippen LogP contribution in [0.1, 0.15) is 31.0 Å². The summed E-state index contributed by atoms with van der Waals surface area (Å²) in [6, 6.07) is 20.5. The molecule has 0 spiro atoms. The van der Waals surface area contributed by atoms with E-state index in [0.29, 0.717) is 5.92 Å². The van der Waals surface area contributed by atoms with Crippen molar-refractivity contribution in [2.45, 2.75) is 25.2 Å². The van der Waals surface area contributed by atoms with Gasteiger partial charge in [-0.1, -0.05) is 60.7 Å². The molecule has 3 saturated carbocycles. The fraction of sp³-hybridized carbons (Fsp3) is 0.286. The smallest absolute Gasteiger partial charge is 0.163 e. The number of fused-ring (bicyclic) bond motifs is 1. The van der Waals surface area contributed by atoms with E-state index in [1.807, 2.05) is 36.4 Å². The average Bonchev–Trinajstić information content (AvgIpc) is 3.28. The van der Waals surface area contributed by atoms with Gasteiger partial charge in [0.25, 0.3) is 0 Å². The zero-order valence-corrected chi connectivity index (χ0v) is 13.5. The molecule has 1 heterocycles. The molecule has 1 aromatic heterocycles. The Morgan fingerprint density at radius 2 is 1.12 bits per heavy atom. The summed E-state index contributed by atoms with van der Waals surface area (Å²) in [4.78, 5) is 14.5. The highest BCUT2D eigenvalue weighted by Gasteiger charge is 2.49. The minimum Gasteiger partial charge on any atom is -0.213 e. The average molecular weight is 313 g/mol. The van der Waals surface area contributed by atoms with Crippen LogP contribution in [0.3, 0.4) is 0 Å². The molecule has 3 aliphatic carbocycles. The summed E-state index contributed by atoms with van der Waals surface area (Å²) in [5, 5.41) is 0. The van der Waals surface area contributed by atoms with Crippen LogP contribution in [0.25, 0.3) is 22.8 Å². The molecule has 2 bridgehead atoms. The summed E-state index contributed by atoms with van der Waals surface area (Å²) in [5.74, 6) is 4.70. The third-order valence-electron chi connectivity index (χ3n) is 5.54. The number of rotatable bonds is 3. The summed E-state index contributed by atoms with van der Waals surface area (Å²) in [7, 11) is 0. The Hall–Kier alpha value is -2.55. The molecule has 0 amide bonds. The lowest BCUT2D eigenvalue weighted by molar-refractivity contribution is 0.228. The Kier molecular flexibility index (Phi) is 3.18. The fourth-order valence-electron chi connectivity index (χ4n) is 4.29. The molecular formula is C21H19N3. The van der Waals surface area contributed by atoms with Crippen molar-refractivity contribution in [2.24, 2.45) is 11.8 Å². The molecule has 3 aromatic rings. The third-order valence-corrected chi connectivity index (χ3v) is 5.54. The predicted molar refractivity (Wildman–Crippen MR) is 94.3 cm³/mol. The molecule has 0 aliphatic heterocycles. The Morgan fingerprint density at radius 3 is 1.58 bits per heavy atom. The molecule has 0 radical (unpaired) electrons. The van der Waals surface area contributed by atoms with Crippen LogP contribution < -0.4 is 0 Å². The third kappa shape index (κ3) is 2.23. The first-order valence-corrected chi connectivity index (χ1v) is 8.75. The highest BCUT2D eigenvalue weighted by atomic mass is 15.0. The van der Waals surface area contributed by atoms with Gasteiger partial charge in [-0.2, -0.15) is 0 Å². The Bertz CT molecular complexity index is 789. The number of benzene rings is 2. The van der Waals surface area contributed by atoms with Crippen LogP contribution in [0.4, 0.5) is 0 Å². The van der Waals surface area contributed by atoms with Crippen LogP contribution in [0.5, 0.6) is 0 Å². The maximum atomic E-state index is 4.87. The zero-order valence-electron chi connectivity index (χ0n) is 13.5. The summed E-state index contributed by atoms with van der Waals surface area (Å²) >= 11 is 0. The fourth-order valence-corrected chi connectivity index (χ4v) is 4.29. The summed E-state index contributed by atoms with van der Waals surface area (Å²) < 4.78 is 0. The molecule has 3 aliphatic rings. The topological polar surface area (TPSA) is 38.7 Å². The van der Waals surface area contributed by atoms with Gasteiger partial charge in [0.15, 0.2) is 11.6 Å². The first kappa shape index (κ1) is 13.8. The summed E-state index contributed by atoms with van der Waals surface area (Å²) in [6.07, 6.45) is 4.03. The van der Waals surface area contributed by atoms with Crippen molar-refractivity contribution in [3.05, 3.63) is 66.5 Å². The molecule has 2 atom stereocenters. The lowest BCUT2D eigenvalue weighted by atomic mass is 9.72. The molecule has 118 valence electrons. The monoisotopic (exact) mass is 313 g/mol. The van der Waals surface area contributed by atoms with Gasteiger partial charge in [0, 0.05) is 17.0 Å². The zero-order chi connectivity index (χ0) is 15.9. The molecule has 3 heteroatoms. The molecule has 0 saturated heterocycles.